The van der Waals surface area contributed by atoms with Gasteiger partial charge in [-0.25, -0.2) is 0 Å². The lowest BCUT2D eigenvalue weighted by atomic mass is 9.93. The van der Waals surface area contributed by atoms with Crippen LogP contribution in [0.15, 0.2) is 0 Å². The molecular formula is C11H22N2O2. The third kappa shape index (κ3) is 4.18. The van der Waals surface area contributed by atoms with Gasteiger partial charge in [-0.3, -0.25) is 9.69 Å². The Labute approximate surface area is 91.4 Å². The predicted molar refractivity (Wildman–Crippen MR) is 59.7 cm³/mol. The van der Waals surface area contributed by atoms with Crippen molar-refractivity contribution in [2.24, 2.45) is 11.7 Å². The SMILES string of the molecule is CC(CC(=O)O)N1CCCC(CCN)C1. The van der Waals surface area contributed by atoms with Crippen molar-refractivity contribution in [1.29, 1.82) is 0 Å². The minimum Gasteiger partial charge on any atom is -0.481 e. The lowest BCUT2D eigenvalue weighted by Crippen LogP contribution is -2.42. The summed E-state index contributed by atoms with van der Waals surface area (Å²) in [6.45, 7) is 4.80. The smallest absolute Gasteiger partial charge is 0.304 e. The van der Waals surface area contributed by atoms with E-state index in [2.05, 4.69) is 4.90 Å². The van der Waals surface area contributed by atoms with Gasteiger partial charge in [0.25, 0.3) is 0 Å². The quantitative estimate of drug-likeness (QED) is 0.714. The average molecular weight is 214 g/mol. The molecule has 0 aromatic carbocycles. The molecule has 0 bridgehead atoms. The molecule has 0 saturated carbocycles. The van der Waals surface area contributed by atoms with Gasteiger partial charge in [-0.1, -0.05) is 0 Å². The molecule has 0 aromatic rings. The van der Waals surface area contributed by atoms with E-state index < -0.39 is 5.97 Å². The van der Waals surface area contributed by atoms with E-state index in [0.29, 0.717) is 5.92 Å². The summed E-state index contributed by atoms with van der Waals surface area (Å²) >= 11 is 0. The number of aliphatic carboxylic acids is 1. The van der Waals surface area contributed by atoms with Crippen molar-refractivity contribution in [3.05, 3.63) is 0 Å². The standard InChI is InChI=1S/C11H22N2O2/c1-9(7-11(14)15)13-6-2-3-10(8-13)4-5-12/h9-10H,2-8,12H2,1H3,(H,14,15). The summed E-state index contributed by atoms with van der Waals surface area (Å²) in [5.74, 6) is -0.0385. The first-order valence-corrected chi connectivity index (χ1v) is 5.79. The van der Waals surface area contributed by atoms with Crippen LogP contribution in [0, 0.1) is 5.92 Å². The van der Waals surface area contributed by atoms with Crippen LogP contribution in [0.5, 0.6) is 0 Å². The topological polar surface area (TPSA) is 66.6 Å². The minimum absolute atomic E-state index is 0.156. The Balaban J connectivity index is 2.37. The molecule has 0 amide bonds. The highest BCUT2D eigenvalue weighted by molar-refractivity contribution is 5.67. The van der Waals surface area contributed by atoms with Gasteiger partial charge in [-0.15, -0.1) is 0 Å². The van der Waals surface area contributed by atoms with Crippen LogP contribution in [0.3, 0.4) is 0 Å². The van der Waals surface area contributed by atoms with Gasteiger partial charge in [0.2, 0.25) is 0 Å². The number of carboxylic acid groups (broad SMARTS) is 1. The first kappa shape index (κ1) is 12.5. The molecule has 0 spiro atoms. The van der Waals surface area contributed by atoms with E-state index >= 15 is 0 Å². The highest BCUT2D eigenvalue weighted by atomic mass is 16.4. The van der Waals surface area contributed by atoms with E-state index in [1.54, 1.807) is 0 Å². The van der Waals surface area contributed by atoms with Crippen LogP contribution in [0.2, 0.25) is 0 Å². The largest absolute Gasteiger partial charge is 0.481 e. The van der Waals surface area contributed by atoms with Gasteiger partial charge in [0, 0.05) is 12.6 Å². The third-order valence-electron chi connectivity index (χ3n) is 3.22. The molecule has 0 radical (unpaired) electrons. The summed E-state index contributed by atoms with van der Waals surface area (Å²) in [4.78, 5) is 12.9. The molecule has 1 fully saturated rings. The highest BCUT2D eigenvalue weighted by Crippen LogP contribution is 2.21. The Morgan fingerprint density at radius 2 is 2.40 bits per heavy atom. The van der Waals surface area contributed by atoms with Crippen LogP contribution < -0.4 is 5.73 Å². The Kier molecular flexibility index (Phi) is 5.05. The van der Waals surface area contributed by atoms with E-state index in [1.165, 1.54) is 12.8 Å². The number of nitrogens with two attached hydrogens (primary N) is 1. The Morgan fingerprint density at radius 3 is 3.00 bits per heavy atom. The van der Waals surface area contributed by atoms with Crippen LogP contribution >= 0.6 is 0 Å². The molecule has 4 heteroatoms. The molecule has 3 N–H and O–H groups in total. The summed E-state index contributed by atoms with van der Waals surface area (Å²) in [6, 6.07) is 0.156. The fourth-order valence-corrected chi connectivity index (χ4v) is 2.35. The number of hydrogen-bond acceptors (Lipinski definition) is 3. The lowest BCUT2D eigenvalue weighted by Gasteiger charge is -2.36. The van der Waals surface area contributed by atoms with Gasteiger partial charge in [0.15, 0.2) is 0 Å². The van der Waals surface area contributed by atoms with E-state index in [1.807, 2.05) is 6.92 Å². The molecule has 1 aliphatic rings. The number of carbonyl (C=O) groups is 1. The molecule has 2 atom stereocenters. The molecule has 15 heavy (non-hydrogen) atoms. The van der Waals surface area contributed by atoms with E-state index in [9.17, 15) is 4.79 Å². The first-order valence-electron chi connectivity index (χ1n) is 5.79. The number of carboxylic acids is 1. The Morgan fingerprint density at radius 1 is 1.67 bits per heavy atom. The van der Waals surface area contributed by atoms with Gasteiger partial charge in [0.05, 0.1) is 6.42 Å². The van der Waals surface area contributed by atoms with E-state index in [4.69, 9.17) is 10.8 Å². The second-order valence-corrected chi connectivity index (χ2v) is 4.53. The highest BCUT2D eigenvalue weighted by Gasteiger charge is 2.24. The van der Waals surface area contributed by atoms with Crippen molar-refractivity contribution in [3.8, 4) is 0 Å². The molecule has 0 aliphatic carbocycles. The fourth-order valence-electron chi connectivity index (χ4n) is 2.35. The molecule has 0 aromatic heterocycles. The van der Waals surface area contributed by atoms with Gasteiger partial charge in [0.1, 0.15) is 0 Å². The summed E-state index contributed by atoms with van der Waals surface area (Å²) in [7, 11) is 0. The first-order chi connectivity index (χ1) is 7.13. The molecule has 2 unspecified atom stereocenters. The van der Waals surface area contributed by atoms with Crippen LogP contribution in [0.1, 0.15) is 32.6 Å². The predicted octanol–water partition coefficient (Wildman–Crippen LogP) is 0.910. The molecule has 88 valence electrons. The van der Waals surface area contributed by atoms with Crippen molar-refractivity contribution in [2.75, 3.05) is 19.6 Å². The molecule has 4 nitrogen and oxygen atoms in total. The van der Waals surface area contributed by atoms with Crippen molar-refractivity contribution < 1.29 is 9.90 Å². The van der Waals surface area contributed by atoms with Gasteiger partial charge >= 0.3 is 5.97 Å². The van der Waals surface area contributed by atoms with Crippen molar-refractivity contribution in [2.45, 2.75) is 38.6 Å². The Bertz CT molecular complexity index is 207. The van der Waals surface area contributed by atoms with Crippen LogP contribution in [-0.2, 0) is 4.79 Å². The summed E-state index contributed by atoms with van der Waals surface area (Å²) < 4.78 is 0. The number of nitrogens with zero attached hydrogens (tertiary/aromatic N) is 1. The second-order valence-electron chi connectivity index (χ2n) is 4.53. The zero-order chi connectivity index (χ0) is 11.3. The van der Waals surface area contributed by atoms with Crippen molar-refractivity contribution in [3.63, 3.8) is 0 Å². The zero-order valence-corrected chi connectivity index (χ0v) is 9.48. The summed E-state index contributed by atoms with van der Waals surface area (Å²) in [6.07, 6.45) is 3.73. The number of likely N-dealkylation sites (tertiary alicyclic amines) is 1. The molecular weight excluding hydrogens is 192 g/mol. The number of rotatable bonds is 5. The maximum absolute atomic E-state index is 10.6. The molecule has 1 saturated heterocycles. The monoisotopic (exact) mass is 214 g/mol. The molecule has 1 heterocycles. The zero-order valence-electron chi connectivity index (χ0n) is 9.48. The summed E-state index contributed by atoms with van der Waals surface area (Å²) in [5.41, 5.74) is 5.55. The molecule has 1 rings (SSSR count). The fraction of sp³-hybridized carbons (Fsp3) is 0.909. The minimum atomic E-state index is -0.705. The van der Waals surface area contributed by atoms with Crippen molar-refractivity contribution >= 4 is 5.97 Å². The van der Waals surface area contributed by atoms with Crippen LogP contribution in [-0.4, -0.2) is 41.7 Å². The Hall–Kier alpha value is -0.610. The van der Waals surface area contributed by atoms with E-state index in [0.717, 1.165) is 26.1 Å². The van der Waals surface area contributed by atoms with Crippen LogP contribution in [0.4, 0.5) is 0 Å². The maximum Gasteiger partial charge on any atom is 0.304 e. The number of piperidine rings is 1. The lowest BCUT2D eigenvalue weighted by molar-refractivity contribution is -0.138. The van der Waals surface area contributed by atoms with E-state index in [-0.39, 0.29) is 12.5 Å². The molecule has 1 aliphatic heterocycles. The van der Waals surface area contributed by atoms with Gasteiger partial charge < -0.3 is 10.8 Å². The van der Waals surface area contributed by atoms with Gasteiger partial charge in [-0.2, -0.15) is 0 Å². The van der Waals surface area contributed by atoms with Crippen molar-refractivity contribution in [1.82, 2.24) is 4.90 Å². The number of hydrogen-bond donors (Lipinski definition) is 2. The summed E-state index contributed by atoms with van der Waals surface area (Å²) in [5, 5.41) is 8.74. The normalized spacial score (nSPS) is 25.1. The maximum atomic E-state index is 10.6. The van der Waals surface area contributed by atoms with Gasteiger partial charge in [-0.05, 0) is 45.2 Å². The third-order valence-corrected chi connectivity index (χ3v) is 3.22. The van der Waals surface area contributed by atoms with Crippen LogP contribution in [0.25, 0.3) is 0 Å². The average Bonchev–Trinajstić information content (AvgIpc) is 2.17. The second kappa shape index (κ2) is 6.08.